The van der Waals surface area contributed by atoms with Gasteiger partial charge in [-0.05, 0) is 24.5 Å². The van der Waals surface area contributed by atoms with Crippen LogP contribution in [0.25, 0.3) is 6.08 Å². The standard InChI is InChI=1S/C21H32N2O3/c1-3-5-7-9-16-22(17-10-8-6-4-2)21(24)15-14-19-12-11-13-20(18-19)23(25)26/h11-15,18H,3-10,16-17H2,1-2H3/b15-14+. The highest BCUT2D eigenvalue weighted by Crippen LogP contribution is 2.14. The molecule has 1 aromatic carbocycles. The Labute approximate surface area is 157 Å². The minimum absolute atomic E-state index is 0.00972. The number of unbranched alkanes of at least 4 members (excludes halogenated alkanes) is 6. The van der Waals surface area contributed by atoms with Crippen LogP contribution in [0.5, 0.6) is 0 Å². The van der Waals surface area contributed by atoms with Crippen LogP contribution in [0.3, 0.4) is 0 Å². The van der Waals surface area contributed by atoms with Crippen LogP contribution in [0.1, 0.15) is 70.8 Å². The van der Waals surface area contributed by atoms with E-state index in [0.29, 0.717) is 5.56 Å². The summed E-state index contributed by atoms with van der Waals surface area (Å²) < 4.78 is 0. The van der Waals surface area contributed by atoms with Crippen LogP contribution >= 0.6 is 0 Å². The highest BCUT2D eigenvalue weighted by Gasteiger charge is 2.10. The number of nitro benzene ring substituents is 1. The minimum atomic E-state index is -0.424. The molecule has 0 saturated heterocycles. The van der Waals surface area contributed by atoms with E-state index in [9.17, 15) is 14.9 Å². The quantitative estimate of drug-likeness (QED) is 0.199. The summed E-state index contributed by atoms with van der Waals surface area (Å²) in [5.74, 6) is -0.00972. The maximum Gasteiger partial charge on any atom is 0.270 e. The highest BCUT2D eigenvalue weighted by atomic mass is 16.6. The van der Waals surface area contributed by atoms with E-state index in [0.717, 1.165) is 38.8 Å². The highest BCUT2D eigenvalue weighted by molar-refractivity contribution is 5.91. The fourth-order valence-corrected chi connectivity index (χ4v) is 2.81. The van der Waals surface area contributed by atoms with Gasteiger partial charge in [0.2, 0.25) is 5.91 Å². The van der Waals surface area contributed by atoms with E-state index in [1.807, 2.05) is 4.90 Å². The Hall–Kier alpha value is -2.17. The van der Waals surface area contributed by atoms with Gasteiger partial charge in [0.05, 0.1) is 4.92 Å². The zero-order valence-electron chi connectivity index (χ0n) is 16.2. The largest absolute Gasteiger partial charge is 0.339 e. The molecule has 0 N–H and O–H groups in total. The molecule has 5 heteroatoms. The zero-order chi connectivity index (χ0) is 19.2. The van der Waals surface area contributed by atoms with Crippen molar-refractivity contribution in [1.82, 2.24) is 4.90 Å². The Morgan fingerprint density at radius 3 is 2.19 bits per heavy atom. The van der Waals surface area contributed by atoms with Crippen molar-refractivity contribution in [2.24, 2.45) is 0 Å². The van der Waals surface area contributed by atoms with Crippen molar-refractivity contribution in [3.63, 3.8) is 0 Å². The summed E-state index contributed by atoms with van der Waals surface area (Å²) in [6.45, 7) is 5.92. The van der Waals surface area contributed by atoms with Crippen molar-refractivity contribution in [2.75, 3.05) is 13.1 Å². The lowest BCUT2D eigenvalue weighted by atomic mass is 10.1. The van der Waals surface area contributed by atoms with Gasteiger partial charge < -0.3 is 4.90 Å². The summed E-state index contributed by atoms with van der Waals surface area (Å²) in [6, 6.07) is 6.34. The van der Waals surface area contributed by atoms with Crippen LogP contribution in [-0.2, 0) is 4.79 Å². The number of benzene rings is 1. The van der Waals surface area contributed by atoms with E-state index in [-0.39, 0.29) is 11.6 Å². The van der Waals surface area contributed by atoms with E-state index in [2.05, 4.69) is 13.8 Å². The maximum absolute atomic E-state index is 12.6. The first-order valence-corrected chi connectivity index (χ1v) is 9.80. The molecule has 0 aliphatic rings. The number of rotatable bonds is 13. The van der Waals surface area contributed by atoms with Crippen molar-refractivity contribution < 1.29 is 9.72 Å². The number of hydrogen-bond donors (Lipinski definition) is 0. The van der Waals surface area contributed by atoms with E-state index in [4.69, 9.17) is 0 Å². The van der Waals surface area contributed by atoms with Gasteiger partial charge in [0.15, 0.2) is 0 Å². The fraction of sp³-hybridized carbons (Fsp3) is 0.571. The second kappa shape index (κ2) is 13.1. The molecule has 1 amide bonds. The molecular formula is C21H32N2O3. The van der Waals surface area contributed by atoms with Gasteiger partial charge in [0.1, 0.15) is 0 Å². The Morgan fingerprint density at radius 1 is 1.04 bits per heavy atom. The van der Waals surface area contributed by atoms with Gasteiger partial charge >= 0.3 is 0 Å². The van der Waals surface area contributed by atoms with Crippen LogP contribution < -0.4 is 0 Å². The fourth-order valence-electron chi connectivity index (χ4n) is 2.81. The maximum atomic E-state index is 12.6. The van der Waals surface area contributed by atoms with E-state index in [1.165, 1.54) is 37.8 Å². The minimum Gasteiger partial charge on any atom is -0.339 e. The summed E-state index contributed by atoms with van der Waals surface area (Å²) in [5.41, 5.74) is 0.708. The average molecular weight is 360 g/mol. The molecule has 144 valence electrons. The molecule has 0 aromatic heterocycles. The Bertz CT molecular complexity index is 572. The molecule has 0 aliphatic carbocycles. The summed E-state index contributed by atoms with van der Waals surface area (Å²) in [7, 11) is 0. The molecule has 0 radical (unpaired) electrons. The molecule has 0 unspecified atom stereocenters. The van der Waals surface area contributed by atoms with Gasteiger partial charge in [-0.2, -0.15) is 0 Å². The number of carbonyl (C=O) groups is 1. The van der Waals surface area contributed by atoms with Gasteiger partial charge in [0.25, 0.3) is 5.69 Å². The number of carbonyl (C=O) groups excluding carboxylic acids is 1. The molecular weight excluding hydrogens is 328 g/mol. The molecule has 0 bridgehead atoms. The van der Waals surface area contributed by atoms with Gasteiger partial charge in [-0.15, -0.1) is 0 Å². The number of non-ortho nitro benzene ring substituents is 1. The third-order valence-corrected chi connectivity index (χ3v) is 4.37. The lowest BCUT2D eigenvalue weighted by molar-refractivity contribution is -0.384. The first-order valence-electron chi connectivity index (χ1n) is 9.80. The second-order valence-corrected chi connectivity index (χ2v) is 6.63. The molecule has 1 rings (SSSR count). The number of hydrogen-bond acceptors (Lipinski definition) is 3. The smallest absolute Gasteiger partial charge is 0.270 e. The third kappa shape index (κ3) is 8.79. The Morgan fingerprint density at radius 2 is 1.65 bits per heavy atom. The molecule has 0 spiro atoms. The molecule has 0 fully saturated rings. The predicted octanol–water partition coefficient (Wildman–Crippen LogP) is 5.60. The van der Waals surface area contributed by atoms with Crippen molar-refractivity contribution >= 4 is 17.7 Å². The van der Waals surface area contributed by atoms with Gasteiger partial charge in [-0.1, -0.05) is 64.5 Å². The monoisotopic (exact) mass is 360 g/mol. The van der Waals surface area contributed by atoms with Crippen molar-refractivity contribution in [3.8, 4) is 0 Å². The lowest BCUT2D eigenvalue weighted by Crippen LogP contribution is -2.31. The third-order valence-electron chi connectivity index (χ3n) is 4.37. The SMILES string of the molecule is CCCCCCN(CCCCCC)C(=O)/C=C/c1cccc([N+](=O)[O-])c1. The summed E-state index contributed by atoms with van der Waals surface area (Å²) in [5, 5.41) is 10.8. The van der Waals surface area contributed by atoms with Crippen LogP contribution in [-0.4, -0.2) is 28.8 Å². The van der Waals surface area contributed by atoms with Gasteiger partial charge in [-0.3, -0.25) is 14.9 Å². The zero-order valence-corrected chi connectivity index (χ0v) is 16.2. The molecule has 1 aromatic rings. The summed E-state index contributed by atoms with van der Waals surface area (Å²) in [4.78, 5) is 24.9. The van der Waals surface area contributed by atoms with E-state index in [1.54, 1.807) is 24.3 Å². The Balaban J connectivity index is 2.66. The normalized spacial score (nSPS) is 11.0. The van der Waals surface area contributed by atoms with Crippen LogP contribution in [0.15, 0.2) is 30.3 Å². The Kier molecular flexibility index (Phi) is 11.0. The molecule has 0 saturated carbocycles. The van der Waals surface area contributed by atoms with Crippen LogP contribution in [0.4, 0.5) is 5.69 Å². The van der Waals surface area contributed by atoms with Gasteiger partial charge in [0, 0.05) is 31.3 Å². The molecule has 5 nitrogen and oxygen atoms in total. The van der Waals surface area contributed by atoms with E-state index < -0.39 is 4.92 Å². The second-order valence-electron chi connectivity index (χ2n) is 6.63. The number of nitro groups is 1. The first kappa shape index (κ1) is 21.9. The molecule has 0 aliphatic heterocycles. The number of amides is 1. The molecule has 0 heterocycles. The lowest BCUT2D eigenvalue weighted by Gasteiger charge is -2.21. The predicted molar refractivity (Wildman–Crippen MR) is 107 cm³/mol. The van der Waals surface area contributed by atoms with Crippen LogP contribution in [0, 0.1) is 10.1 Å². The van der Waals surface area contributed by atoms with Gasteiger partial charge in [-0.25, -0.2) is 0 Å². The molecule has 0 atom stereocenters. The summed E-state index contributed by atoms with van der Waals surface area (Å²) in [6.07, 6.45) is 12.3. The number of nitrogens with zero attached hydrogens (tertiary/aromatic N) is 2. The first-order chi connectivity index (χ1) is 12.6. The molecule has 26 heavy (non-hydrogen) atoms. The van der Waals surface area contributed by atoms with Crippen LogP contribution in [0.2, 0.25) is 0 Å². The van der Waals surface area contributed by atoms with Crippen molar-refractivity contribution in [2.45, 2.75) is 65.2 Å². The summed E-state index contributed by atoms with van der Waals surface area (Å²) >= 11 is 0. The van der Waals surface area contributed by atoms with E-state index >= 15 is 0 Å². The topological polar surface area (TPSA) is 63.5 Å². The van der Waals surface area contributed by atoms with Crippen molar-refractivity contribution in [3.05, 3.63) is 46.0 Å². The average Bonchev–Trinajstić information content (AvgIpc) is 2.65. The van der Waals surface area contributed by atoms with Crippen molar-refractivity contribution in [1.29, 1.82) is 0 Å².